The number of nitrogens with zero attached hydrogens (tertiary/aromatic N) is 3. The fraction of sp³-hybridized carbons (Fsp3) is 0.522. The maximum absolute atomic E-state index is 12.9. The van der Waals surface area contributed by atoms with Crippen LogP contribution in [0.3, 0.4) is 0 Å². The number of rotatable bonds is 3. The first-order valence-electron chi connectivity index (χ1n) is 10.8. The maximum atomic E-state index is 12.9. The molecule has 1 saturated heterocycles. The van der Waals surface area contributed by atoms with E-state index < -0.39 is 0 Å². The molecule has 6 nitrogen and oxygen atoms in total. The van der Waals surface area contributed by atoms with Crippen molar-refractivity contribution in [2.45, 2.75) is 51.0 Å². The van der Waals surface area contributed by atoms with Crippen LogP contribution in [0.15, 0.2) is 24.4 Å². The van der Waals surface area contributed by atoms with E-state index in [0.29, 0.717) is 18.9 Å². The Morgan fingerprint density at radius 3 is 3.10 bits per heavy atom. The molecule has 0 unspecified atom stereocenters. The summed E-state index contributed by atoms with van der Waals surface area (Å²) >= 11 is 0. The first-order valence-corrected chi connectivity index (χ1v) is 10.8. The summed E-state index contributed by atoms with van der Waals surface area (Å²) in [5.41, 5.74) is 4.51. The van der Waals surface area contributed by atoms with Gasteiger partial charge >= 0.3 is 0 Å². The first-order chi connectivity index (χ1) is 14.3. The van der Waals surface area contributed by atoms with Crippen LogP contribution in [0.2, 0.25) is 0 Å². The number of ether oxygens (including phenoxy) is 1. The van der Waals surface area contributed by atoms with Crippen molar-refractivity contribution in [3.05, 3.63) is 52.6 Å². The minimum absolute atomic E-state index is 0.174. The minimum atomic E-state index is 0.174. The molecule has 29 heavy (non-hydrogen) atoms. The highest BCUT2D eigenvalue weighted by Gasteiger charge is 2.25. The van der Waals surface area contributed by atoms with Gasteiger partial charge in [0.1, 0.15) is 11.6 Å². The summed E-state index contributed by atoms with van der Waals surface area (Å²) in [6.45, 7) is 4.20. The smallest absolute Gasteiger partial charge is 0.227 e. The van der Waals surface area contributed by atoms with Crippen LogP contribution >= 0.6 is 0 Å². The van der Waals surface area contributed by atoms with Gasteiger partial charge in [0.05, 0.1) is 18.7 Å². The standard InChI is InChI=1S/C23H28N4O2/c28-22(12-16-5-6-21-17(11-16)4-2-10-29-21)27-9-7-20-19(15-27)14-25-23(26-20)18-3-1-8-24-13-18/h5-6,11,14,18,24H,1-4,7-10,12-13,15H2/t18-/m0/s1. The lowest BCUT2D eigenvalue weighted by atomic mass is 9.98. The van der Waals surface area contributed by atoms with Crippen LogP contribution < -0.4 is 10.1 Å². The number of hydrogen-bond donors (Lipinski definition) is 1. The number of fused-ring (bicyclic) bond motifs is 2. The van der Waals surface area contributed by atoms with Crippen molar-refractivity contribution < 1.29 is 9.53 Å². The maximum Gasteiger partial charge on any atom is 0.227 e. The lowest BCUT2D eigenvalue weighted by Crippen LogP contribution is -2.38. The SMILES string of the molecule is O=C(Cc1ccc2c(c1)CCCO2)N1CCc2nc([C@H]3CCCNC3)ncc2C1. The second-order valence-electron chi connectivity index (χ2n) is 8.38. The number of piperidine rings is 1. The molecule has 1 fully saturated rings. The van der Waals surface area contributed by atoms with Crippen LogP contribution in [0.25, 0.3) is 0 Å². The minimum Gasteiger partial charge on any atom is -0.493 e. The average molecular weight is 393 g/mol. The molecule has 152 valence electrons. The summed E-state index contributed by atoms with van der Waals surface area (Å²) < 4.78 is 5.68. The molecule has 3 aliphatic heterocycles. The zero-order valence-electron chi connectivity index (χ0n) is 16.8. The van der Waals surface area contributed by atoms with E-state index >= 15 is 0 Å². The zero-order chi connectivity index (χ0) is 19.6. The summed E-state index contributed by atoms with van der Waals surface area (Å²) in [6, 6.07) is 6.17. The molecule has 1 atom stereocenters. The van der Waals surface area contributed by atoms with E-state index in [9.17, 15) is 4.79 Å². The lowest BCUT2D eigenvalue weighted by Gasteiger charge is -2.29. The molecule has 0 aliphatic carbocycles. The van der Waals surface area contributed by atoms with Crippen molar-refractivity contribution in [3.63, 3.8) is 0 Å². The number of nitrogens with one attached hydrogen (secondary N) is 1. The summed E-state index contributed by atoms with van der Waals surface area (Å²) in [6.07, 6.45) is 7.62. The van der Waals surface area contributed by atoms with Crippen LogP contribution in [-0.2, 0) is 30.6 Å². The summed E-state index contributed by atoms with van der Waals surface area (Å²) in [5, 5.41) is 3.44. The van der Waals surface area contributed by atoms with E-state index in [-0.39, 0.29) is 5.91 Å². The molecule has 6 heteroatoms. The molecule has 0 bridgehead atoms. The fourth-order valence-electron chi connectivity index (χ4n) is 4.62. The first kappa shape index (κ1) is 18.6. The van der Waals surface area contributed by atoms with Gasteiger partial charge in [0.25, 0.3) is 0 Å². The largest absolute Gasteiger partial charge is 0.493 e. The van der Waals surface area contributed by atoms with Gasteiger partial charge in [-0.25, -0.2) is 9.97 Å². The van der Waals surface area contributed by atoms with Gasteiger partial charge in [0.2, 0.25) is 5.91 Å². The summed E-state index contributed by atoms with van der Waals surface area (Å²) in [7, 11) is 0. The molecule has 1 aromatic heterocycles. The second-order valence-corrected chi connectivity index (χ2v) is 8.38. The van der Waals surface area contributed by atoms with Crippen molar-refractivity contribution >= 4 is 5.91 Å². The highest BCUT2D eigenvalue weighted by molar-refractivity contribution is 5.79. The van der Waals surface area contributed by atoms with E-state index in [4.69, 9.17) is 9.72 Å². The number of carbonyl (C=O) groups is 1. The van der Waals surface area contributed by atoms with E-state index in [1.165, 1.54) is 12.0 Å². The predicted molar refractivity (Wildman–Crippen MR) is 110 cm³/mol. The van der Waals surface area contributed by atoms with Crippen LogP contribution in [0, 0.1) is 0 Å². The van der Waals surface area contributed by atoms with Gasteiger partial charge in [0.15, 0.2) is 0 Å². The topological polar surface area (TPSA) is 67.3 Å². The normalized spacial score (nSPS) is 21.1. The van der Waals surface area contributed by atoms with E-state index in [2.05, 4.69) is 16.4 Å². The number of aryl methyl sites for hydroxylation is 1. The predicted octanol–water partition coefficient (Wildman–Crippen LogP) is 2.40. The molecular weight excluding hydrogens is 364 g/mol. The van der Waals surface area contributed by atoms with Gasteiger partial charge in [-0.3, -0.25) is 4.79 Å². The molecule has 1 N–H and O–H groups in total. The molecule has 0 radical (unpaired) electrons. The third-order valence-corrected chi connectivity index (χ3v) is 6.30. The zero-order valence-corrected chi connectivity index (χ0v) is 16.8. The van der Waals surface area contributed by atoms with Gasteiger partial charge < -0.3 is 15.0 Å². The molecule has 4 heterocycles. The number of amides is 1. The van der Waals surface area contributed by atoms with Gasteiger partial charge in [-0.15, -0.1) is 0 Å². The number of aromatic nitrogens is 2. The van der Waals surface area contributed by atoms with Crippen molar-refractivity contribution in [2.24, 2.45) is 0 Å². The second kappa shape index (κ2) is 8.11. The van der Waals surface area contributed by atoms with Gasteiger partial charge in [-0.1, -0.05) is 12.1 Å². The molecular formula is C23H28N4O2. The lowest BCUT2D eigenvalue weighted by molar-refractivity contribution is -0.131. The van der Waals surface area contributed by atoms with Gasteiger partial charge in [0, 0.05) is 43.7 Å². The van der Waals surface area contributed by atoms with Gasteiger partial charge in [-0.2, -0.15) is 0 Å². The quantitative estimate of drug-likeness (QED) is 0.869. The Morgan fingerprint density at radius 1 is 1.24 bits per heavy atom. The molecule has 5 rings (SSSR count). The summed E-state index contributed by atoms with van der Waals surface area (Å²) in [5.74, 6) is 2.53. The van der Waals surface area contributed by atoms with E-state index in [0.717, 1.165) is 80.3 Å². The summed E-state index contributed by atoms with van der Waals surface area (Å²) in [4.78, 5) is 24.4. The Bertz CT molecular complexity index is 908. The van der Waals surface area contributed by atoms with Crippen molar-refractivity contribution in [2.75, 3.05) is 26.2 Å². The Balaban J connectivity index is 1.25. The Hall–Kier alpha value is -2.47. The fourth-order valence-corrected chi connectivity index (χ4v) is 4.62. The number of carbonyl (C=O) groups excluding carboxylic acids is 1. The highest BCUT2D eigenvalue weighted by Crippen LogP contribution is 2.27. The molecule has 0 saturated carbocycles. The Kier molecular flexibility index (Phi) is 5.19. The van der Waals surface area contributed by atoms with E-state index in [1.54, 1.807) is 0 Å². The molecule has 2 aromatic rings. The number of benzene rings is 1. The molecule has 3 aliphatic rings. The van der Waals surface area contributed by atoms with Crippen LogP contribution in [-0.4, -0.2) is 47.0 Å². The third kappa shape index (κ3) is 3.99. The van der Waals surface area contributed by atoms with Crippen LogP contribution in [0.1, 0.15) is 53.4 Å². The monoisotopic (exact) mass is 392 g/mol. The number of hydrogen-bond acceptors (Lipinski definition) is 5. The molecule has 1 aromatic carbocycles. The van der Waals surface area contributed by atoms with Crippen LogP contribution in [0.5, 0.6) is 5.75 Å². The van der Waals surface area contributed by atoms with Crippen molar-refractivity contribution in [3.8, 4) is 5.75 Å². The highest BCUT2D eigenvalue weighted by atomic mass is 16.5. The molecule has 0 spiro atoms. The van der Waals surface area contributed by atoms with Crippen molar-refractivity contribution in [1.82, 2.24) is 20.2 Å². The van der Waals surface area contributed by atoms with Crippen molar-refractivity contribution in [1.29, 1.82) is 0 Å². The van der Waals surface area contributed by atoms with Gasteiger partial charge in [-0.05, 0) is 49.4 Å². The van der Waals surface area contributed by atoms with Crippen LogP contribution in [0.4, 0.5) is 0 Å². The Labute approximate surface area is 171 Å². The average Bonchev–Trinajstić information content (AvgIpc) is 2.79. The third-order valence-electron chi connectivity index (χ3n) is 6.30. The van der Waals surface area contributed by atoms with E-state index in [1.807, 2.05) is 23.2 Å². The molecule has 1 amide bonds. The Morgan fingerprint density at radius 2 is 2.21 bits per heavy atom.